The van der Waals surface area contributed by atoms with E-state index < -0.39 is 0 Å². The van der Waals surface area contributed by atoms with Gasteiger partial charge in [-0.05, 0) is 27.2 Å². The first-order valence-corrected chi connectivity index (χ1v) is 5.49. The molecule has 0 spiro atoms. The Bertz CT molecular complexity index is 318. The Labute approximate surface area is 95.9 Å². The third-order valence-electron chi connectivity index (χ3n) is 1.92. The molecule has 0 saturated carbocycles. The molecule has 0 bridgehead atoms. The van der Waals surface area contributed by atoms with Crippen LogP contribution in [-0.2, 0) is 0 Å². The average Bonchev–Trinajstić information content (AvgIpc) is 2.17. The van der Waals surface area contributed by atoms with Gasteiger partial charge in [-0.1, -0.05) is 0 Å². The van der Waals surface area contributed by atoms with Crippen LogP contribution in [0.3, 0.4) is 0 Å². The number of hydrogen-bond acceptors (Lipinski definition) is 5. The first-order valence-electron chi connectivity index (χ1n) is 5.49. The number of hydrogen-bond donors (Lipinski definition) is 2. The van der Waals surface area contributed by atoms with Crippen molar-refractivity contribution in [1.82, 2.24) is 9.97 Å². The number of aliphatic hydroxyl groups excluding tert-OH is 1. The molecule has 1 atom stereocenters. The maximum atomic E-state index is 8.78. The number of rotatable bonds is 6. The van der Waals surface area contributed by atoms with Gasteiger partial charge in [0.05, 0.1) is 6.10 Å². The van der Waals surface area contributed by atoms with Gasteiger partial charge in [0, 0.05) is 24.9 Å². The summed E-state index contributed by atoms with van der Waals surface area (Å²) >= 11 is 0. The zero-order chi connectivity index (χ0) is 12.0. The highest BCUT2D eigenvalue weighted by molar-refractivity contribution is 5.28. The van der Waals surface area contributed by atoms with E-state index in [0.717, 1.165) is 0 Å². The van der Waals surface area contributed by atoms with Gasteiger partial charge in [0.25, 0.3) is 0 Å². The standard InChI is InChI=1S/C11H19N3O2/c1-8(2)16-10-4-6-12-11(14-10)13-9(3)5-7-15/h4,6,8-9,15H,5,7H2,1-3H3,(H,12,13,14). The summed E-state index contributed by atoms with van der Waals surface area (Å²) in [6.07, 6.45) is 2.41. The van der Waals surface area contributed by atoms with E-state index in [1.165, 1.54) is 0 Å². The molecule has 5 nitrogen and oxygen atoms in total. The highest BCUT2D eigenvalue weighted by atomic mass is 16.5. The third-order valence-corrected chi connectivity index (χ3v) is 1.92. The van der Waals surface area contributed by atoms with Crippen LogP contribution in [0.2, 0.25) is 0 Å². The van der Waals surface area contributed by atoms with Crippen molar-refractivity contribution in [2.24, 2.45) is 0 Å². The molecule has 0 radical (unpaired) electrons. The van der Waals surface area contributed by atoms with Gasteiger partial charge in [0.2, 0.25) is 11.8 Å². The molecule has 90 valence electrons. The smallest absolute Gasteiger partial charge is 0.226 e. The van der Waals surface area contributed by atoms with Crippen molar-refractivity contribution in [1.29, 1.82) is 0 Å². The molecule has 0 fully saturated rings. The molecular formula is C11H19N3O2. The van der Waals surface area contributed by atoms with E-state index in [9.17, 15) is 0 Å². The van der Waals surface area contributed by atoms with Crippen LogP contribution in [0.15, 0.2) is 12.3 Å². The summed E-state index contributed by atoms with van der Waals surface area (Å²) in [5, 5.41) is 11.9. The van der Waals surface area contributed by atoms with Crippen LogP contribution in [0, 0.1) is 0 Å². The SMILES string of the molecule is CC(CCO)Nc1nccc(OC(C)C)n1. The van der Waals surface area contributed by atoms with Crippen molar-refractivity contribution in [2.75, 3.05) is 11.9 Å². The van der Waals surface area contributed by atoms with Crippen LogP contribution >= 0.6 is 0 Å². The summed E-state index contributed by atoms with van der Waals surface area (Å²) in [5.41, 5.74) is 0. The molecule has 1 unspecified atom stereocenters. The fourth-order valence-corrected chi connectivity index (χ4v) is 1.21. The molecule has 1 heterocycles. The first kappa shape index (κ1) is 12.7. The molecule has 1 aromatic rings. The summed E-state index contributed by atoms with van der Waals surface area (Å²) < 4.78 is 5.46. The molecule has 0 aromatic carbocycles. The summed E-state index contributed by atoms with van der Waals surface area (Å²) in [5.74, 6) is 1.09. The molecule has 0 amide bonds. The summed E-state index contributed by atoms with van der Waals surface area (Å²) in [7, 11) is 0. The van der Waals surface area contributed by atoms with Gasteiger partial charge in [0.15, 0.2) is 0 Å². The second-order valence-corrected chi connectivity index (χ2v) is 3.94. The lowest BCUT2D eigenvalue weighted by Gasteiger charge is -2.13. The quantitative estimate of drug-likeness (QED) is 0.767. The lowest BCUT2D eigenvalue weighted by molar-refractivity contribution is 0.232. The lowest BCUT2D eigenvalue weighted by atomic mass is 10.2. The van der Waals surface area contributed by atoms with Gasteiger partial charge < -0.3 is 15.2 Å². The molecule has 2 N–H and O–H groups in total. The summed E-state index contributed by atoms with van der Waals surface area (Å²) in [6, 6.07) is 1.86. The zero-order valence-electron chi connectivity index (χ0n) is 9.97. The number of aromatic nitrogens is 2. The van der Waals surface area contributed by atoms with Crippen molar-refractivity contribution < 1.29 is 9.84 Å². The van der Waals surface area contributed by atoms with Gasteiger partial charge >= 0.3 is 0 Å². The normalized spacial score (nSPS) is 12.6. The molecule has 16 heavy (non-hydrogen) atoms. The Hall–Kier alpha value is -1.36. The zero-order valence-corrected chi connectivity index (χ0v) is 9.97. The first-order chi connectivity index (χ1) is 7.61. The van der Waals surface area contributed by atoms with Gasteiger partial charge in [-0.25, -0.2) is 4.98 Å². The predicted octanol–water partition coefficient (Wildman–Crippen LogP) is 1.45. The minimum absolute atomic E-state index is 0.0950. The molecular weight excluding hydrogens is 206 g/mol. The number of ether oxygens (including phenoxy) is 1. The van der Waals surface area contributed by atoms with Gasteiger partial charge in [-0.2, -0.15) is 4.98 Å². The van der Waals surface area contributed by atoms with E-state index in [4.69, 9.17) is 9.84 Å². The van der Waals surface area contributed by atoms with Crippen LogP contribution in [0.4, 0.5) is 5.95 Å². The van der Waals surface area contributed by atoms with E-state index in [1.807, 2.05) is 20.8 Å². The second-order valence-electron chi connectivity index (χ2n) is 3.94. The Morgan fingerprint density at radius 2 is 2.19 bits per heavy atom. The van der Waals surface area contributed by atoms with Gasteiger partial charge in [-0.3, -0.25) is 0 Å². The predicted molar refractivity (Wildman–Crippen MR) is 62.6 cm³/mol. The summed E-state index contributed by atoms with van der Waals surface area (Å²) in [6.45, 7) is 6.01. The average molecular weight is 225 g/mol. The fourth-order valence-electron chi connectivity index (χ4n) is 1.21. The number of anilines is 1. The second kappa shape index (κ2) is 6.27. The van der Waals surface area contributed by atoms with Crippen LogP contribution in [0.1, 0.15) is 27.2 Å². The molecule has 5 heteroatoms. The molecule has 0 aliphatic heterocycles. The fraction of sp³-hybridized carbons (Fsp3) is 0.636. The minimum Gasteiger partial charge on any atom is -0.475 e. The monoisotopic (exact) mass is 225 g/mol. The van der Waals surface area contributed by atoms with Gasteiger partial charge in [0.1, 0.15) is 0 Å². The maximum absolute atomic E-state index is 8.78. The summed E-state index contributed by atoms with van der Waals surface area (Å²) in [4.78, 5) is 8.29. The Morgan fingerprint density at radius 3 is 2.81 bits per heavy atom. The van der Waals surface area contributed by atoms with Crippen molar-refractivity contribution in [3.8, 4) is 5.88 Å². The van der Waals surface area contributed by atoms with Crippen LogP contribution in [0.5, 0.6) is 5.88 Å². The molecule has 0 aliphatic rings. The minimum atomic E-state index is 0.0950. The van der Waals surface area contributed by atoms with Crippen molar-refractivity contribution in [3.05, 3.63) is 12.3 Å². The Balaban J connectivity index is 2.59. The van der Waals surface area contributed by atoms with E-state index in [-0.39, 0.29) is 18.8 Å². The van der Waals surface area contributed by atoms with E-state index in [1.54, 1.807) is 12.3 Å². The van der Waals surface area contributed by atoms with E-state index in [2.05, 4.69) is 15.3 Å². The number of nitrogens with zero attached hydrogens (tertiary/aromatic N) is 2. The highest BCUT2D eigenvalue weighted by Crippen LogP contribution is 2.11. The lowest BCUT2D eigenvalue weighted by Crippen LogP contribution is -2.18. The molecule has 0 saturated heterocycles. The Kier molecular flexibility index (Phi) is 4.98. The van der Waals surface area contributed by atoms with E-state index in [0.29, 0.717) is 18.2 Å². The largest absolute Gasteiger partial charge is 0.475 e. The van der Waals surface area contributed by atoms with Crippen molar-refractivity contribution in [2.45, 2.75) is 39.3 Å². The van der Waals surface area contributed by atoms with E-state index >= 15 is 0 Å². The molecule has 1 rings (SSSR count). The number of nitrogens with one attached hydrogen (secondary N) is 1. The van der Waals surface area contributed by atoms with Crippen molar-refractivity contribution in [3.63, 3.8) is 0 Å². The van der Waals surface area contributed by atoms with Crippen LogP contribution < -0.4 is 10.1 Å². The van der Waals surface area contributed by atoms with Crippen molar-refractivity contribution >= 4 is 5.95 Å². The van der Waals surface area contributed by atoms with Crippen LogP contribution in [0.25, 0.3) is 0 Å². The van der Waals surface area contributed by atoms with Gasteiger partial charge in [-0.15, -0.1) is 0 Å². The Morgan fingerprint density at radius 1 is 1.44 bits per heavy atom. The number of aliphatic hydroxyl groups is 1. The molecule has 1 aromatic heterocycles. The third kappa shape index (κ3) is 4.44. The topological polar surface area (TPSA) is 67.3 Å². The van der Waals surface area contributed by atoms with Crippen LogP contribution in [-0.4, -0.2) is 33.8 Å². The highest BCUT2D eigenvalue weighted by Gasteiger charge is 2.05. The molecule has 0 aliphatic carbocycles. The maximum Gasteiger partial charge on any atom is 0.226 e.